The van der Waals surface area contributed by atoms with Crippen molar-refractivity contribution in [2.45, 2.75) is 26.3 Å². The number of carbonyl (C=O) groups is 3. The molecule has 2 aromatic carbocycles. The molecule has 8 heteroatoms. The van der Waals surface area contributed by atoms with Crippen LogP contribution in [0.15, 0.2) is 42.5 Å². The molecule has 0 aromatic heterocycles. The maximum absolute atomic E-state index is 12.6. The minimum absolute atomic E-state index is 0.0885. The molecule has 1 atom stereocenters. The van der Waals surface area contributed by atoms with Gasteiger partial charge >= 0.3 is 5.97 Å². The van der Waals surface area contributed by atoms with Crippen LogP contribution < -0.4 is 10.6 Å². The first-order valence-corrected chi connectivity index (χ1v) is 9.69. The van der Waals surface area contributed by atoms with E-state index in [9.17, 15) is 14.4 Å². The summed E-state index contributed by atoms with van der Waals surface area (Å²) in [5, 5.41) is 23.1. The zero-order valence-electron chi connectivity index (χ0n) is 16.6. The normalized spacial score (nSPS) is 11.4. The van der Waals surface area contributed by atoms with Gasteiger partial charge in [-0.3, -0.25) is 9.59 Å². The minimum atomic E-state index is -1.06. The van der Waals surface area contributed by atoms with E-state index in [1.807, 2.05) is 19.9 Å². The lowest BCUT2D eigenvalue weighted by Crippen LogP contribution is -2.47. The molecular weight excluding hydrogens is 406 g/mol. The summed E-state index contributed by atoms with van der Waals surface area (Å²) in [5.41, 5.74) is 1.81. The van der Waals surface area contributed by atoms with Gasteiger partial charge in [0.2, 0.25) is 5.91 Å². The second-order valence-electron chi connectivity index (χ2n) is 7.11. The molecule has 0 aliphatic rings. The van der Waals surface area contributed by atoms with Crippen molar-refractivity contribution in [1.29, 1.82) is 5.26 Å². The van der Waals surface area contributed by atoms with Gasteiger partial charge in [0, 0.05) is 16.1 Å². The van der Waals surface area contributed by atoms with E-state index in [1.165, 1.54) is 12.1 Å². The number of amides is 2. The molecule has 0 heterocycles. The third-order valence-corrected chi connectivity index (χ3v) is 4.66. The van der Waals surface area contributed by atoms with Crippen molar-refractivity contribution in [3.05, 3.63) is 58.6 Å². The molecule has 2 aromatic rings. The second-order valence-corrected chi connectivity index (χ2v) is 7.52. The van der Waals surface area contributed by atoms with Crippen molar-refractivity contribution in [3.8, 4) is 17.2 Å². The third-order valence-electron chi connectivity index (χ3n) is 4.34. The second kappa shape index (κ2) is 10.4. The molecule has 0 bridgehead atoms. The lowest BCUT2D eigenvalue weighted by molar-refractivity contribution is -0.123. The molecule has 0 fully saturated rings. The van der Waals surface area contributed by atoms with Gasteiger partial charge in [-0.1, -0.05) is 43.6 Å². The van der Waals surface area contributed by atoms with E-state index >= 15 is 0 Å². The van der Waals surface area contributed by atoms with E-state index in [0.29, 0.717) is 22.6 Å². The van der Waals surface area contributed by atoms with Gasteiger partial charge in [-0.05, 0) is 42.2 Å². The summed E-state index contributed by atoms with van der Waals surface area (Å²) < 4.78 is 0. The Hall–Kier alpha value is -3.37. The summed E-state index contributed by atoms with van der Waals surface area (Å²) in [6.07, 6.45) is 0.437. The Bertz CT molecular complexity index is 981. The average molecular weight is 428 g/mol. The highest BCUT2D eigenvalue weighted by Crippen LogP contribution is 2.29. The number of hydrogen-bond acceptors (Lipinski definition) is 4. The van der Waals surface area contributed by atoms with E-state index in [2.05, 4.69) is 10.6 Å². The Morgan fingerprint density at radius 3 is 2.27 bits per heavy atom. The van der Waals surface area contributed by atoms with Crippen molar-refractivity contribution in [2.24, 2.45) is 5.92 Å². The number of nitrogens with zero attached hydrogens (tertiary/aromatic N) is 1. The van der Waals surface area contributed by atoms with Gasteiger partial charge in [0.15, 0.2) is 0 Å². The van der Waals surface area contributed by atoms with Gasteiger partial charge in [-0.25, -0.2) is 4.79 Å². The summed E-state index contributed by atoms with van der Waals surface area (Å²) in [6, 6.07) is 12.1. The molecule has 0 radical (unpaired) electrons. The van der Waals surface area contributed by atoms with Crippen LogP contribution in [-0.2, 0) is 4.79 Å². The zero-order chi connectivity index (χ0) is 22.3. The van der Waals surface area contributed by atoms with Crippen LogP contribution in [0.4, 0.5) is 0 Å². The number of benzene rings is 2. The molecule has 0 spiro atoms. The molecule has 30 heavy (non-hydrogen) atoms. The lowest BCUT2D eigenvalue weighted by Gasteiger charge is -2.19. The molecule has 7 nitrogen and oxygen atoms in total. The van der Waals surface area contributed by atoms with E-state index in [4.69, 9.17) is 22.0 Å². The summed E-state index contributed by atoms with van der Waals surface area (Å²) in [6.45, 7) is 3.75. The van der Waals surface area contributed by atoms with Gasteiger partial charge in [-0.2, -0.15) is 5.26 Å². The number of halogens is 1. The van der Waals surface area contributed by atoms with Crippen molar-refractivity contribution in [1.82, 2.24) is 10.6 Å². The highest BCUT2D eigenvalue weighted by atomic mass is 35.5. The fourth-order valence-corrected chi connectivity index (χ4v) is 3.17. The van der Waals surface area contributed by atoms with E-state index in [-0.39, 0.29) is 18.0 Å². The number of nitrogens with one attached hydrogen (secondary N) is 2. The first-order valence-electron chi connectivity index (χ1n) is 9.31. The lowest BCUT2D eigenvalue weighted by atomic mass is 10.0. The molecule has 156 valence electrons. The van der Waals surface area contributed by atoms with Gasteiger partial charge < -0.3 is 15.7 Å². The Morgan fingerprint density at radius 2 is 1.73 bits per heavy atom. The van der Waals surface area contributed by atoms with Crippen LogP contribution in [0.2, 0.25) is 5.02 Å². The van der Waals surface area contributed by atoms with Gasteiger partial charge in [0.1, 0.15) is 12.6 Å². The third kappa shape index (κ3) is 6.06. The molecule has 0 unspecified atom stereocenters. The van der Waals surface area contributed by atoms with Gasteiger partial charge in [0.05, 0.1) is 11.6 Å². The number of carbonyl (C=O) groups excluding carboxylic acids is 2. The van der Waals surface area contributed by atoms with Crippen molar-refractivity contribution < 1.29 is 19.5 Å². The summed E-state index contributed by atoms with van der Waals surface area (Å²) in [5.74, 6) is -1.71. The highest BCUT2D eigenvalue weighted by Gasteiger charge is 2.22. The van der Waals surface area contributed by atoms with E-state index in [1.54, 1.807) is 30.3 Å². The predicted octanol–water partition coefficient (Wildman–Crippen LogP) is 3.49. The molecule has 3 N–H and O–H groups in total. The summed E-state index contributed by atoms with van der Waals surface area (Å²) >= 11 is 6.19. The Balaban J connectivity index is 2.16. The maximum atomic E-state index is 12.6. The van der Waals surface area contributed by atoms with Crippen LogP contribution in [0, 0.1) is 17.2 Å². The molecule has 2 amide bonds. The Kier molecular flexibility index (Phi) is 7.96. The van der Waals surface area contributed by atoms with Crippen LogP contribution in [0.1, 0.15) is 41.0 Å². The van der Waals surface area contributed by atoms with Gasteiger partial charge in [-0.15, -0.1) is 0 Å². The molecule has 0 saturated carbocycles. The highest BCUT2D eigenvalue weighted by molar-refractivity contribution is 6.33. The summed E-state index contributed by atoms with van der Waals surface area (Å²) in [7, 11) is 0. The average Bonchev–Trinajstić information content (AvgIpc) is 2.71. The molecule has 2 rings (SSSR count). The fourth-order valence-electron chi connectivity index (χ4n) is 2.88. The number of aromatic carboxylic acids is 1. The Labute approximate surface area is 179 Å². The van der Waals surface area contributed by atoms with Crippen molar-refractivity contribution >= 4 is 29.4 Å². The molecule has 0 aliphatic carbocycles. The largest absolute Gasteiger partial charge is 0.478 e. The number of carboxylic acid groups (broad SMARTS) is 1. The maximum Gasteiger partial charge on any atom is 0.335 e. The number of nitriles is 1. The Morgan fingerprint density at radius 1 is 1.10 bits per heavy atom. The first-order chi connectivity index (χ1) is 14.2. The monoisotopic (exact) mass is 427 g/mol. The topological polar surface area (TPSA) is 119 Å². The number of hydrogen-bond donors (Lipinski definition) is 3. The fraction of sp³-hybridized carbons (Fsp3) is 0.273. The van der Waals surface area contributed by atoms with Crippen LogP contribution in [0.3, 0.4) is 0 Å². The zero-order valence-corrected chi connectivity index (χ0v) is 17.4. The smallest absolute Gasteiger partial charge is 0.335 e. The number of carboxylic acids is 1. The first kappa shape index (κ1) is 22.9. The molecular formula is C22H22ClN3O4. The van der Waals surface area contributed by atoms with E-state index in [0.717, 1.165) is 5.56 Å². The van der Waals surface area contributed by atoms with Crippen LogP contribution in [0.25, 0.3) is 11.1 Å². The SMILES string of the molecule is CC(C)C[C@H](NC(=O)c1ccc(-c2ccc(C(=O)O)cc2Cl)cc1)C(=O)NCC#N. The van der Waals surface area contributed by atoms with E-state index < -0.39 is 23.8 Å². The van der Waals surface area contributed by atoms with Crippen molar-refractivity contribution in [3.63, 3.8) is 0 Å². The number of rotatable bonds is 8. The molecule has 0 saturated heterocycles. The van der Waals surface area contributed by atoms with Crippen molar-refractivity contribution in [2.75, 3.05) is 6.54 Å². The molecule has 0 aliphatic heterocycles. The quantitative estimate of drug-likeness (QED) is 0.557. The standard InChI is InChI=1S/C22H22ClN3O4/c1-13(2)11-19(21(28)25-10-9-24)26-20(27)15-5-3-14(4-6-15)17-8-7-16(22(29)30)12-18(17)23/h3-8,12-13,19H,10-11H2,1-2H3,(H,25,28)(H,26,27)(H,29,30)/t19-/m0/s1. The van der Waals surface area contributed by atoms with Crippen LogP contribution >= 0.6 is 11.6 Å². The van der Waals surface area contributed by atoms with Gasteiger partial charge in [0.25, 0.3) is 5.91 Å². The van der Waals surface area contributed by atoms with Crippen LogP contribution in [0.5, 0.6) is 0 Å². The summed E-state index contributed by atoms with van der Waals surface area (Å²) in [4.78, 5) is 35.9. The minimum Gasteiger partial charge on any atom is -0.478 e. The predicted molar refractivity (Wildman–Crippen MR) is 113 cm³/mol. The van der Waals surface area contributed by atoms with Crippen LogP contribution in [-0.4, -0.2) is 35.5 Å².